The van der Waals surface area contributed by atoms with Crippen molar-refractivity contribution in [2.24, 2.45) is 5.84 Å². The van der Waals surface area contributed by atoms with Gasteiger partial charge in [-0.25, -0.2) is 5.84 Å². The molecule has 0 saturated heterocycles. The molecule has 18 heavy (non-hydrogen) atoms. The van der Waals surface area contributed by atoms with Crippen LogP contribution in [0.15, 0.2) is 24.3 Å². The highest BCUT2D eigenvalue weighted by atomic mass is 19.4. The van der Waals surface area contributed by atoms with Gasteiger partial charge in [0.15, 0.2) is 0 Å². The van der Waals surface area contributed by atoms with Crippen LogP contribution in [0.5, 0.6) is 5.75 Å². The second-order valence-corrected chi connectivity index (χ2v) is 3.09. The Hall–Kier alpha value is -1.90. The maximum atomic E-state index is 13.0. The summed E-state index contributed by atoms with van der Waals surface area (Å²) < 4.78 is 67.1. The summed E-state index contributed by atoms with van der Waals surface area (Å²) >= 11 is 0. The van der Waals surface area contributed by atoms with Crippen molar-refractivity contribution in [3.8, 4) is 5.75 Å². The first-order chi connectivity index (χ1) is 8.18. The molecule has 9 heteroatoms. The monoisotopic (exact) mass is 270 g/mol. The largest absolute Gasteiger partial charge is 0.483 e. The molecule has 0 aliphatic rings. The van der Waals surface area contributed by atoms with E-state index in [9.17, 15) is 26.7 Å². The molecule has 0 bridgehead atoms. The minimum absolute atomic E-state index is 0.547. The van der Waals surface area contributed by atoms with E-state index in [-0.39, 0.29) is 0 Å². The molecule has 0 fully saturated rings. The lowest BCUT2D eigenvalue weighted by atomic mass is 10.2. The number of para-hydroxylation sites is 1. The summed E-state index contributed by atoms with van der Waals surface area (Å²) in [6, 6.07) is 3.27. The normalized spacial score (nSPS) is 12.1. The van der Waals surface area contributed by atoms with Crippen LogP contribution >= 0.6 is 0 Å². The van der Waals surface area contributed by atoms with E-state index in [0.29, 0.717) is 12.1 Å². The average molecular weight is 270 g/mol. The summed E-state index contributed by atoms with van der Waals surface area (Å²) in [7, 11) is 0. The summed E-state index contributed by atoms with van der Waals surface area (Å²) in [5.74, 6) is 1.23. The Morgan fingerprint density at radius 3 is 2.22 bits per heavy atom. The lowest BCUT2D eigenvalue weighted by Crippen LogP contribution is -2.47. The number of hydrogen-bond donors (Lipinski definition) is 2. The van der Waals surface area contributed by atoms with Crippen molar-refractivity contribution in [1.82, 2.24) is 5.43 Å². The Morgan fingerprint density at radius 2 is 1.72 bits per heavy atom. The number of amides is 1. The Morgan fingerprint density at radius 1 is 1.17 bits per heavy atom. The number of nitrogens with two attached hydrogens (primary N) is 1. The average Bonchev–Trinajstić information content (AvgIpc) is 2.26. The molecule has 0 spiro atoms. The molecule has 0 aliphatic carbocycles. The van der Waals surface area contributed by atoms with E-state index in [0.717, 1.165) is 17.6 Å². The molecule has 100 valence electrons. The zero-order chi connectivity index (χ0) is 14.0. The number of nitrogens with one attached hydrogen (secondary N) is 1. The highest BCUT2D eigenvalue weighted by Crippen LogP contribution is 2.37. The molecule has 4 nitrogen and oxygen atoms in total. The van der Waals surface area contributed by atoms with Crippen LogP contribution in [0.2, 0.25) is 0 Å². The van der Waals surface area contributed by atoms with Gasteiger partial charge >= 0.3 is 18.2 Å². The van der Waals surface area contributed by atoms with Gasteiger partial charge in [-0.05, 0) is 12.1 Å². The van der Waals surface area contributed by atoms with E-state index < -0.39 is 29.5 Å². The third-order valence-corrected chi connectivity index (χ3v) is 1.83. The van der Waals surface area contributed by atoms with Crippen LogP contribution in [0.25, 0.3) is 0 Å². The predicted molar refractivity (Wildman–Crippen MR) is 49.3 cm³/mol. The second-order valence-electron chi connectivity index (χ2n) is 3.09. The van der Waals surface area contributed by atoms with Gasteiger partial charge in [0, 0.05) is 0 Å². The summed E-state index contributed by atoms with van der Waals surface area (Å²) in [6.07, 6.45) is -9.39. The van der Waals surface area contributed by atoms with Crippen LogP contribution in [0.1, 0.15) is 5.56 Å². The number of alkyl halides is 5. The first-order valence-electron chi connectivity index (χ1n) is 4.42. The zero-order valence-electron chi connectivity index (χ0n) is 8.59. The van der Waals surface area contributed by atoms with E-state index in [1.807, 2.05) is 0 Å². The first kappa shape index (κ1) is 14.2. The number of carbonyl (C=O) groups is 1. The first-order valence-corrected chi connectivity index (χ1v) is 4.42. The van der Waals surface area contributed by atoms with Crippen molar-refractivity contribution in [1.29, 1.82) is 0 Å². The number of halogens is 5. The molecule has 0 saturated carbocycles. The molecule has 0 aliphatic heterocycles. The summed E-state index contributed by atoms with van der Waals surface area (Å²) in [5, 5.41) is 0. The van der Waals surface area contributed by atoms with E-state index in [1.54, 1.807) is 0 Å². The highest BCUT2D eigenvalue weighted by Gasteiger charge is 2.44. The quantitative estimate of drug-likeness (QED) is 0.380. The molecule has 1 rings (SSSR count). The lowest BCUT2D eigenvalue weighted by molar-refractivity contribution is -0.195. The molecule has 1 aromatic rings. The molecule has 0 unspecified atom stereocenters. The van der Waals surface area contributed by atoms with Gasteiger partial charge in [-0.1, -0.05) is 12.1 Å². The van der Waals surface area contributed by atoms with Crippen LogP contribution in [-0.2, 0) is 11.0 Å². The van der Waals surface area contributed by atoms with Gasteiger partial charge in [0.25, 0.3) is 0 Å². The van der Waals surface area contributed by atoms with Crippen LogP contribution in [0.4, 0.5) is 22.0 Å². The minimum Gasteiger partial charge on any atom is -0.425 e. The lowest BCUT2D eigenvalue weighted by Gasteiger charge is -2.18. The molecule has 0 heterocycles. The fourth-order valence-corrected chi connectivity index (χ4v) is 1.06. The molecule has 0 aromatic heterocycles. The zero-order valence-corrected chi connectivity index (χ0v) is 8.59. The van der Waals surface area contributed by atoms with E-state index in [2.05, 4.69) is 10.6 Å². The van der Waals surface area contributed by atoms with Gasteiger partial charge in [0.1, 0.15) is 5.75 Å². The van der Waals surface area contributed by atoms with E-state index >= 15 is 0 Å². The molecule has 0 atom stereocenters. The van der Waals surface area contributed by atoms with Crippen molar-refractivity contribution in [3.63, 3.8) is 0 Å². The SMILES string of the molecule is NNC(=O)C(F)(F)Oc1ccccc1C(F)(F)F. The molecule has 0 radical (unpaired) electrons. The smallest absolute Gasteiger partial charge is 0.425 e. The third-order valence-electron chi connectivity index (χ3n) is 1.83. The standard InChI is InChI=1S/C9H7F5N2O2/c10-8(11,12)5-3-1-2-4-6(5)18-9(13,14)7(17)16-15/h1-4H,15H2,(H,16,17). The van der Waals surface area contributed by atoms with Gasteiger partial charge in [-0.2, -0.15) is 22.0 Å². The maximum Gasteiger partial charge on any atom is 0.483 e. The van der Waals surface area contributed by atoms with E-state index in [4.69, 9.17) is 0 Å². The summed E-state index contributed by atoms with van der Waals surface area (Å²) in [4.78, 5) is 10.6. The number of hydrogen-bond acceptors (Lipinski definition) is 3. The maximum absolute atomic E-state index is 13.0. The molecular weight excluding hydrogens is 263 g/mol. The fourth-order valence-electron chi connectivity index (χ4n) is 1.06. The van der Waals surface area contributed by atoms with Crippen molar-refractivity contribution in [3.05, 3.63) is 29.8 Å². The summed E-state index contributed by atoms with van der Waals surface area (Å²) in [5.41, 5.74) is -0.333. The number of hydrazine groups is 1. The fraction of sp³-hybridized carbons (Fsp3) is 0.222. The van der Waals surface area contributed by atoms with Crippen molar-refractivity contribution < 1.29 is 31.5 Å². The Bertz CT molecular complexity index is 447. The number of ether oxygens (including phenoxy) is 1. The number of benzene rings is 1. The van der Waals surface area contributed by atoms with Crippen LogP contribution in [0, 0.1) is 0 Å². The molecule has 3 N–H and O–H groups in total. The Kier molecular flexibility index (Phi) is 3.75. The number of carbonyl (C=O) groups excluding carboxylic acids is 1. The molecule has 1 amide bonds. The molecular formula is C9H7F5N2O2. The van der Waals surface area contributed by atoms with Gasteiger partial charge in [-0.15, -0.1) is 0 Å². The van der Waals surface area contributed by atoms with Crippen molar-refractivity contribution in [2.45, 2.75) is 12.3 Å². The summed E-state index contributed by atoms with van der Waals surface area (Å²) in [6.45, 7) is 0. The van der Waals surface area contributed by atoms with Crippen molar-refractivity contribution in [2.75, 3.05) is 0 Å². The minimum atomic E-state index is -4.88. The predicted octanol–water partition coefficient (Wildman–Crippen LogP) is 1.67. The van der Waals surface area contributed by atoms with Gasteiger partial charge in [0.2, 0.25) is 0 Å². The van der Waals surface area contributed by atoms with E-state index in [1.165, 1.54) is 0 Å². The Labute approximate surface area is 97.5 Å². The topological polar surface area (TPSA) is 64.3 Å². The van der Waals surface area contributed by atoms with Gasteiger partial charge < -0.3 is 4.74 Å². The van der Waals surface area contributed by atoms with Crippen LogP contribution in [0.3, 0.4) is 0 Å². The van der Waals surface area contributed by atoms with Crippen molar-refractivity contribution >= 4 is 5.91 Å². The number of rotatable bonds is 3. The third kappa shape index (κ3) is 3.06. The van der Waals surface area contributed by atoms with Gasteiger partial charge in [-0.3, -0.25) is 10.2 Å². The second kappa shape index (κ2) is 4.77. The highest BCUT2D eigenvalue weighted by molar-refractivity contribution is 5.81. The van der Waals surface area contributed by atoms with Crippen LogP contribution in [-0.4, -0.2) is 12.0 Å². The van der Waals surface area contributed by atoms with Gasteiger partial charge in [0.05, 0.1) is 5.56 Å². The molecule has 1 aromatic carbocycles. The Balaban J connectivity index is 3.09. The van der Waals surface area contributed by atoms with Crippen LogP contribution < -0.4 is 16.0 Å².